The summed E-state index contributed by atoms with van der Waals surface area (Å²) in [5.74, 6) is 0.467. The minimum absolute atomic E-state index is 0.0468. The van der Waals surface area contributed by atoms with Crippen LogP contribution < -0.4 is 28.6 Å². The van der Waals surface area contributed by atoms with Gasteiger partial charge in [0.15, 0.2) is 6.10 Å². The van der Waals surface area contributed by atoms with Crippen molar-refractivity contribution < 1.29 is 35.8 Å². The van der Waals surface area contributed by atoms with E-state index in [0.29, 0.717) is 17.1 Å². The van der Waals surface area contributed by atoms with Crippen molar-refractivity contribution in [3.05, 3.63) is 66.7 Å². The molecule has 0 fully saturated rings. The van der Waals surface area contributed by atoms with Crippen LogP contribution in [0.1, 0.15) is 0 Å². The van der Waals surface area contributed by atoms with Crippen LogP contribution in [-0.2, 0) is 24.8 Å². The molecule has 1 atom stereocenters. The minimum atomic E-state index is -3.97. The molecule has 0 spiro atoms. The lowest BCUT2D eigenvalue weighted by atomic mass is 10.2. The monoisotopic (exact) mass is 547 g/mol. The first-order valence-corrected chi connectivity index (χ1v) is 14.2. The molecule has 3 aromatic carbocycles. The third kappa shape index (κ3) is 5.73. The van der Waals surface area contributed by atoms with Crippen molar-refractivity contribution in [1.82, 2.24) is 0 Å². The predicted molar refractivity (Wildman–Crippen MR) is 138 cm³/mol. The summed E-state index contributed by atoms with van der Waals surface area (Å²) in [6, 6.07) is 16.7. The lowest BCUT2D eigenvalue weighted by Crippen LogP contribution is -2.48. The summed E-state index contributed by atoms with van der Waals surface area (Å²) in [5.41, 5.74) is 0.884. The maximum atomic E-state index is 12.9. The largest absolute Gasteiger partial charge is 0.497 e. The number of fused-ring (bicyclic) bond motifs is 1. The summed E-state index contributed by atoms with van der Waals surface area (Å²) in [5, 5.41) is 2.64. The van der Waals surface area contributed by atoms with E-state index in [4.69, 9.17) is 14.2 Å². The highest BCUT2D eigenvalue weighted by Gasteiger charge is 2.35. The van der Waals surface area contributed by atoms with E-state index < -0.39 is 32.1 Å². The number of sulfonamides is 2. The molecule has 37 heavy (non-hydrogen) atoms. The molecule has 13 heteroatoms. The maximum absolute atomic E-state index is 12.9. The second kappa shape index (κ2) is 10.2. The Kier molecular flexibility index (Phi) is 7.18. The number of hydrogen-bond donors (Lipinski definition) is 2. The van der Waals surface area contributed by atoms with E-state index in [9.17, 15) is 21.6 Å². The Morgan fingerprint density at radius 3 is 2.32 bits per heavy atom. The first-order chi connectivity index (χ1) is 17.5. The van der Waals surface area contributed by atoms with Crippen LogP contribution in [0.3, 0.4) is 0 Å². The topological polar surface area (TPSA) is 140 Å². The van der Waals surface area contributed by atoms with Crippen LogP contribution in [0.4, 0.5) is 17.1 Å². The average Bonchev–Trinajstić information content (AvgIpc) is 2.87. The number of hydrogen-bond acceptors (Lipinski definition) is 8. The third-order valence-electron chi connectivity index (χ3n) is 5.51. The number of nitrogens with zero attached hydrogens (tertiary/aromatic N) is 1. The molecule has 1 amide bonds. The summed E-state index contributed by atoms with van der Waals surface area (Å²) in [7, 11) is -4.73. The standard InChI is InChI=1S/C24H25N3O8S2/c1-33-17-10-13-19(22(14-17)34-2)26-37(31,32)18-11-8-16(9-12-18)25-24(28)23-15-27(36(3,29)30)20-6-4-5-7-21(20)35-23/h4-14,23,26H,15H2,1-3H3,(H,25,28)/t23-/m1/s1. The molecule has 1 aliphatic heterocycles. The number of methoxy groups -OCH3 is 2. The van der Waals surface area contributed by atoms with Gasteiger partial charge in [-0.3, -0.25) is 13.8 Å². The Labute approximate surface area is 215 Å². The van der Waals surface area contributed by atoms with Crippen LogP contribution in [0.2, 0.25) is 0 Å². The molecule has 196 valence electrons. The van der Waals surface area contributed by atoms with Gasteiger partial charge in [0, 0.05) is 11.8 Å². The Morgan fingerprint density at radius 1 is 0.973 bits per heavy atom. The highest BCUT2D eigenvalue weighted by molar-refractivity contribution is 7.92. The number of rotatable bonds is 8. The first kappa shape index (κ1) is 26.1. The van der Waals surface area contributed by atoms with Crippen LogP contribution in [0.25, 0.3) is 0 Å². The summed E-state index contributed by atoms with van der Waals surface area (Å²) >= 11 is 0. The third-order valence-corrected chi connectivity index (χ3v) is 8.04. The molecule has 0 radical (unpaired) electrons. The molecule has 2 N–H and O–H groups in total. The SMILES string of the molecule is COc1ccc(NS(=O)(=O)c2ccc(NC(=O)[C@H]3CN(S(C)(=O)=O)c4ccccc4O3)cc2)c(OC)c1. The van der Waals surface area contributed by atoms with E-state index in [1.165, 1.54) is 44.6 Å². The molecule has 0 aliphatic carbocycles. The fourth-order valence-electron chi connectivity index (χ4n) is 3.68. The molecule has 3 aromatic rings. The number of anilines is 3. The molecule has 0 bridgehead atoms. The number of ether oxygens (including phenoxy) is 3. The van der Waals surface area contributed by atoms with Gasteiger partial charge in [-0.25, -0.2) is 16.8 Å². The normalized spacial score (nSPS) is 15.2. The van der Waals surface area contributed by atoms with Gasteiger partial charge < -0.3 is 19.5 Å². The van der Waals surface area contributed by atoms with Gasteiger partial charge in [0.25, 0.3) is 15.9 Å². The fourth-order valence-corrected chi connectivity index (χ4v) is 5.66. The van der Waals surface area contributed by atoms with Gasteiger partial charge in [0.2, 0.25) is 10.0 Å². The summed E-state index contributed by atoms with van der Waals surface area (Å²) in [6.45, 7) is -0.207. The summed E-state index contributed by atoms with van der Waals surface area (Å²) in [4.78, 5) is 12.8. The van der Waals surface area contributed by atoms with E-state index in [0.717, 1.165) is 10.6 Å². The van der Waals surface area contributed by atoms with Gasteiger partial charge in [-0.2, -0.15) is 0 Å². The average molecular weight is 548 g/mol. The molecule has 4 rings (SSSR count). The zero-order chi connectivity index (χ0) is 26.8. The molecule has 0 saturated carbocycles. The van der Waals surface area contributed by atoms with Crippen LogP contribution in [-0.4, -0.2) is 55.9 Å². The zero-order valence-electron chi connectivity index (χ0n) is 20.2. The van der Waals surface area contributed by atoms with E-state index in [1.54, 1.807) is 36.4 Å². The van der Waals surface area contributed by atoms with Gasteiger partial charge in [-0.1, -0.05) is 12.1 Å². The van der Waals surface area contributed by atoms with E-state index >= 15 is 0 Å². The van der Waals surface area contributed by atoms with Crippen molar-refractivity contribution in [3.8, 4) is 17.2 Å². The minimum Gasteiger partial charge on any atom is -0.497 e. The van der Waals surface area contributed by atoms with Crippen LogP contribution >= 0.6 is 0 Å². The van der Waals surface area contributed by atoms with E-state index in [-0.39, 0.29) is 28.6 Å². The number of amides is 1. The fraction of sp³-hybridized carbons (Fsp3) is 0.208. The molecule has 0 aromatic heterocycles. The Hall–Kier alpha value is -3.97. The van der Waals surface area contributed by atoms with Crippen molar-refractivity contribution in [2.45, 2.75) is 11.0 Å². The molecule has 1 heterocycles. The quantitative estimate of drug-likeness (QED) is 0.439. The van der Waals surface area contributed by atoms with Crippen LogP contribution in [0.5, 0.6) is 17.2 Å². The molecule has 0 saturated heterocycles. The number of nitrogens with one attached hydrogen (secondary N) is 2. The van der Waals surface area contributed by atoms with Crippen molar-refractivity contribution in [3.63, 3.8) is 0 Å². The van der Waals surface area contributed by atoms with Crippen molar-refractivity contribution in [2.24, 2.45) is 0 Å². The smallest absolute Gasteiger partial charge is 0.267 e. The van der Waals surface area contributed by atoms with Crippen molar-refractivity contribution in [1.29, 1.82) is 0 Å². The van der Waals surface area contributed by atoms with Crippen LogP contribution in [0.15, 0.2) is 71.6 Å². The molecule has 1 aliphatic rings. The second-order valence-electron chi connectivity index (χ2n) is 8.05. The van der Waals surface area contributed by atoms with Crippen LogP contribution in [0, 0.1) is 0 Å². The number of benzene rings is 3. The maximum Gasteiger partial charge on any atom is 0.267 e. The van der Waals surface area contributed by atoms with Gasteiger partial charge in [0.1, 0.15) is 17.2 Å². The highest BCUT2D eigenvalue weighted by Crippen LogP contribution is 2.35. The van der Waals surface area contributed by atoms with Gasteiger partial charge >= 0.3 is 0 Å². The molecule has 11 nitrogen and oxygen atoms in total. The number of para-hydroxylation sites is 2. The Morgan fingerprint density at radius 2 is 1.68 bits per heavy atom. The van der Waals surface area contributed by atoms with Crippen molar-refractivity contribution in [2.75, 3.05) is 41.4 Å². The highest BCUT2D eigenvalue weighted by atomic mass is 32.2. The second-order valence-corrected chi connectivity index (χ2v) is 11.6. The number of carbonyl (C=O) groups is 1. The van der Waals surface area contributed by atoms with Gasteiger partial charge in [-0.05, 0) is 48.5 Å². The summed E-state index contributed by atoms with van der Waals surface area (Å²) < 4.78 is 70.0. The zero-order valence-corrected chi connectivity index (χ0v) is 21.8. The lowest BCUT2D eigenvalue weighted by molar-refractivity contribution is -0.122. The first-order valence-electron chi connectivity index (χ1n) is 10.9. The predicted octanol–water partition coefficient (Wildman–Crippen LogP) is 2.67. The molecular weight excluding hydrogens is 522 g/mol. The Balaban J connectivity index is 1.48. The van der Waals surface area contributed by atoms with Crippen molar-refractivity contribution >= 4 is 43.0 Å². The lowest BCUT2D eigenvalue weighted by Gasteiger charge is -2.33. The molecule has 0 unspecified atom stereocenters. The van der Waals surface area contributed by atoms with Gasteiger partial charge in [-0.15, -0.1) is 0 Å². The van der Waals surface area contributed by atoms with Gasteiger partial charge in [0.05, 0.1) is 43.3 Å². The number of carbonyl (C=O) groups excluding carboxylic acids is 1. The van der Waals surface area contributed by atoms with E-state index in [1.807, 2.05) is 0 Å². The van der Waals surface area contributed by atoms with E-state index in [2.05, 4.69) is 10.0 Å². The Bertz CT molecular complexity index is 1520. The summed E-state index contributed by atoms with van der Waals surface area (Å²) in [6.07, 6.45) is -0.0593. The molecular formula is C24H25N3O8S2.